The van der Waals surface area contributed by atoms with Crippen LogP contribution in [0, 0.1) is 6.92 Å². The number of hydrogen-bond donors (Lipinski definition) is 2. The first-order chi connectivity index (χ1) is 9.76. The number of aromatic nitrogens is 2. The van der Waals surface area contributed by atoms with Crippen molar-refractivity contribution < 1.29 is 0 Å². The van der Waals surface area contributed by atoms with Crippen LogP contribution in [0.1, 0.15) is 35.8 Å². The Morgan fingerprint density at radius 1 is 1.15 bits per heavy atom. The maximum Gasteiger partial charge on any atom is 0.132 e. The van der Waals surface area contributed by atoms with Crippen LogP contribution in [0.2, 0.25) is 0 Å². The van der Waals surface area contributed by atoms with E-state index in [1.54, 1.807) is 0 Å². The average Bonchev–Trinajstić information content (AvgIpc) is 2.47. The van der Waals surface area contributed by atoms with Gasteiger partial charge in [-0.15, -0.1) is 0 Å². The molecule has 0 amide bonds. The smallest absolute Gasteiger partial charge is 0.132 e. The van der Waals surface area contributed by atoms with E-state index < -0.39 is 0 Å². The quantitative estimate of drug-likeness (QED) is 0.896. The van der Waals surface area contributed by atoms with Gasteiger partial charge in [0.05, 0.1) is 6.04 Å². The second kappa shape index (κ2) is 5.49. The molecule has 1 heterocycles. The lowest BCUT2D eigenvalue weighted by atomic mass is 9.88. The van der Waals surface area contributed by atoms with E-state index in [1.807, 2.05) is 20.0 Å². The van der Waals surface area contributed by atoms with Crippen molar-refractivity contribution in [3.05, 3.63) is 47.3 Å². The van der Waals surface area contributed by atoms with Gasteiger partial charge in [0.25, 0.3) is 0 Å². The minimum Gasteiger partial charge on any atom is -0.373 e. The Hall–Kier alpha value is -2.10. The lowest BCUT2D eigenvalue weighted by Crippen LogP contribution is -2.18. The Labute approximate surface area is 119 Å². The summed E-state index contributed by atoms with van der Waals surface area (Å²) >= 11 is 0. The first-order valence-electron chi connectivity index (χ1n) is 7.14. The zero-order chi connectivity index (χ0) is 13.9. The highest BCUT2D eigenvalue weighted by molar-refractivity contribution is 5.49. The first-order valence-corrected chi connectivity index (χ1v) is 7.14. The van der Waals surface area contributed by atoms with Gasteiger partial charge < -0.3 is 10.6 Å². The predicted octanol–water partition coefficient (Wildman–Crippen LogP) is 3.32. The van der Waals surface area contributed by atoms with Crippen LogP contribution in [0.5, 0.6) is 0 Å². The maximum atomic E-state index is 4.49. The topological polar surface area (TPSA) is 49.8 Å². The zero-order valence-corrected chi connectivity index (χ0v) is 12.0. The fourth-order valence-electron chi connectivity index (χ4n) is 2.85. The molecule has 0 radical (unpaired) electrons. The molecule has 1 aliphatic rings. The van der Waals surface area contributed by atoms with E-state index >= 15 is 0 Å². The number of anilines is 2. The third-order valence-corrected chi connectivity index (χ3v) is 3.79. The van der Waals surface area contributed by atoms with E-state index in [2.05, 4.69) is 44.9 Å². The van der Waals surface area contributed by atoms with Crippen molar-refractivity contribution in [2.45, 2.75) is 32.2 Å². The summed E-state index contributed by atoms with van der Waals surface area (Å²) in [5.41, 5.74) is 2.86. The molecule has 1 atom stereocenters. The molecule has 0 spiro atoms. The Morgan fingerprint density at radius 3 is 2.80 bits per heavy atom. The molecule has 4 heteroatoms. The van der Waals surface area contributed by atoms with Crippen molar-refractivity contribution in [2.24, 2.45) is 0 Å². The lowest BCUT2D eigenvalue weighted by Gasteiger charge is -2.27. The number of hydrogen-bond acceptors (Lipinski definition) is 4. The summed E-state index contributed by atoms with van der Waals surface area (Å²) in [6, 6.07) is 11.0. The van der Waals surface area contributed by atoms with Crippen molar-refractivity contribution in [2.75, 3.05) is 17.7 Å². The monoisotopic (exact) mass is 268 g/mol. The molecule has 0 aliphatic heterocycles. The molecule has 104 valence electrons. The van der Waals surface area contributed by atoms with Crippen LogP contribution in [-0.4, -0.2) is 17.0 Å². The van der Waals surface area contributed by atoms with Gasteiger partial charge in [-0.2, -0.15) is 0 Å². The summed E-state index contributed by atoms with van der Waals surface area (Å²) in [5, 5.41) is 6.63. The third kappa shape index (κ3) is 2.59. The van der Waals surface area contributed by atoms with Crippen LogP contribution in [0.25, 0.3) is 0 Å². The summed E-state index contributed by atoms with van der Waals surface area (Å²) in [4.78, 5) is 8.81. The molecule has 0 saturated heterocycles. The molecule has 1 aliphatic carbocycles. The maximum absolute atomic E-state index is 4.49. The highest BCUT2D eigenvalue weighted by atomic mass is 15.1. The van der Waals surface area contributed by atoms with Crippen molar-refractivity contribution in [1.29, 1.82) is 0 Å². The Balaban J connectivity index is 1.87. The predicted molar refractivity (Wildman–Crippen MR) is 82.1 cm³/mol. The largest absolute Gasteiger partial charge is 0.373 e. The van der Waals surface area contributed by atoms with Gasteiger partial charge >= 0.3 is 0 Å². The number of fused-ring (bicyclic) bond motifs is 1. The summed E-state index contributed by atoms with van der Waals surface area (Å²) in [5.74, 6) is 2.52. The van der Waals surface area contributed by atoms with Crippen molar-refractivity contribution >= 4 is 11.6 Å². The highest BCUT2D eigenvalue weighted by Gasteiger charge is 2.20. The molecule has 0 saturated carbocycles. The Bertz CT molecular complexity index is 609. The van der Waals surface area contributed by atoms with E-state index in [9.17, 15) is 0 Å². The summed E-state index contributed by atoms with van der Waals surface area (Å²) in [6.45, 7) is 1.92. The van der Waals surface area contributed by atoms with Crippen LogP contribution >= 0.6 is 0 Å². The molecular formula is C16H20N4. The van der Waals surface area contributed by atoms with Crippen LogP contribution < -0.4 is 10.6 Å². The van der Waals surface area contributed by atoms with Gasteiger partial charge in [0.15, 0.2) is 0 Å². The van der Waals surface area contributed by atoms with Gasteiger partial charge in [0.1, 0.15) is 17.5 Å². The molecule has 4 nitrogen and oxygen atoms in total. The van der Waals surface area contributed by atoms with E-state index in [-0.39, 0.29) is 0 Å². The van der Waals surface area contributed by atoms with Crippen LogP contribution in [-0.2, 0) is 6.42 Å². The molecule has 20 heavy (non-hydrogen) atoms. The number of nitrogens with one attached hydrogen (secondary N) is 2. The Kier molecular flexibility index (Phi) is 3.54. The second-order valence-corrected chi connectivity index (χ2v) is 5.22. The number of nitrogens with zero attached hydrogens (tertiary/aromatic N) is 2. The van der Waals surface area contributed by atoms with E-state index in [4.69, 9.17) is 0 Å². The number of benzene rings is 1. The van der Waals surface area contributed by atoms with Crippen LogP contribution in [0.3, 0.4) is 0 Å². The number of aryl methyl sites for hydroxylation is 2. The highest BCUT2D eigenvalue weighted by Crippen LogP contribution is 2.32. The summed E-state index contributed by atoms with van der Waals surface area (Å²) in [6.07, 6.45) is 3.55. The Morgan fingerprint density at radius 2 is 1.95 bits per heavy atom. The van der Waals surface area contributed by atoms with E-state index in [0.717, 1.165) is 23.9 Å². The fourth-order valence-corrected chi connectivity index (χ4v) is 2.85. The molecule has 3 rings (SSSR count). The van der Waals surface area contributed by atoms with Crippen molar-refractivity contribution in [3.63, 3.8) is 0 Å². The zero-order valence-electron chi connectivity index (χ0n) is 12.0. The first kappa shape index (κ1) is 12.9. The SMILES string of the molecule is CNc1cc(NC2CCCc3ccccc32)nc(C)n1. The summed E-state index contributed by atoms with van der Waals surface area (Å²) < 4.78 is 0. The van der Waals surface area contributed by atoms with Crippen molar-refractivity contribution in [1.82, 2.24) is 9.97 Å². The van der Waals surface area contributed by atoms with Crippen LogP contribution in [0.15, 0.2) is 30.3 Å². The third-order valence-electron chi connectivity index (χ3n) is 3.79. The van der Waals surface area contributed by atoms with Crippen LogP contribution in [0.4, 0.5) is 11.6 Å². The molecule has 2 N–H and O–H groups in total. The fraction of sp³-hybridized carbons (Fsp3) is 0.375. The minimum absolute atomic E-state index is 0.346. The van der Waals surface area contributed by atoms with E-state index in [1.165, 1.54) is 24.0 Å². The standard InChI is InChI=1S/C16H20N4/c1-11-18-15(17-2)10-16(19-11)20-14-9-5-7-12-6-3-4-8-13(12)14/h3-4,6,8,10,14H,5,7,9H2,1-2H3,(H2,17,18,19,20). The van der Waals surface area contributed by atoms with Crippen molar-refractivity contribution in [3.8, 4) is 0 Å². The number of rotatable bonds is 3. The minimum atomic E-state index is 0.346. The average molecular weight is 268 g/mol. The second-order valence-electron chi connectivity index (χ2n) is 5.22. The molecule has 1 aromatic heterocycles. The lowest BCUT2D eigenvalue weighted by molar-refractivity contribution is 0.598. The molecule has 1 unspecified atom stereocenters. The molecule has 1 aromatic carbocycles. The normalized spacial score (nSPS) is 17.4. The van der Waals surface area contributed by atoms with Gasteiger partial charge in [-0.25, -0.2) is 9.97 Å². The summed E-state index contributed by atoms with van der Waals surface area (Å²) in [7, 11) is 1.88. The molecule has 0 fully saturated rings. The molecule has 0 bridgehead atoms. The molecular weight excluding hydrogens is 248 g/mol. The van der Waals surface area contributed by atoms with Gasteiger partial charge in [-0.05, 0) is 37.3 Å². The van der Waals surface area contributed by atoms with Gasteiger partial charge in [-0.1, -0.05) is 24.3 Å². The van der Waals surface area contributed by atoms with Gasteiger partial charge in [0.2, 0.25) is 0 Å². The van der Waals surface area contributed by atoms with Gasteiger partial charge in [0, 0.05) is 13.1 Å². The van der Waals surface area contributed by atoms with Gasteiger partial charge in [-0.3, -0.25) is 0 Å². The molecule has 2 aromatic rings. The van der Waals surface area contributed by atoms with E-state index in [0.29, 0.717) is 6.04 Å².